The number of thiophene rings is 1. The van der Waals surface area contributed by atoms with Crippen LogP contribution in [0.2, 0.25) is 0 Å². The van der Waals surface area contributed by atoms with Crippen LogP contribution in [0, 0.1) is 6.92 Å². The van der Waals surface area contributed by atoms with Crippen LogP contribution in [0.1, 0.15) is 21.5 Å². The molecule has 0 fully saturated rings. The maximum Gasteiger partial charge on any atom is 0.153 e. The molecule has 0 aliphatic heterocycles. The van der Waals surface area contributed by atoms with Gasteiger partial charge in [-0.1, -0.05) is 24.3 Å². The summed E-state index contributed by atoms with van der Waals surface area (Å²) in [5.74, 6) is 0. The smallest absolute Gasteiger partial charge is 0.153 e. The molecule has 0 aliphatic carbocycles. The van der Waals surface area contributed by atoms with Crippen LogP contribution in [0.15, 0.2) is 46.4 Å². The number of aromatic nitrogens is 2. The fourth-order valence-corrected chi connectivity index (χ4v) is 3.77. The molecule has 0 unspecified atom stereocenters. The fourth-order valence-electron chi connectivity index (χ4n) is 2.21. The first-order valence-electron chi connectivity index (χ1n) is 6.49. The topological polar surface area (TPSA) is 34.9 Å². The van der Waals surface area contributed by atoms with Crippen molar-refractivity contribution in [3.63, 3.8) is 0 Å². The minimum absolute atomic E-state index is 0.617. The van der Waals surface area contributed by atoms with Crippen LogP contribution < -0.4 is 0 Å². The van der Waals surface area contributed by atoms with Crippen molar-refractivity contribution in [3.05, 3.63) is 63.1 Å². The van der Waals surface area contributed by atoms with Crippen molar-refractivity contribution in [3.8, 4) is 10.6 Å². The van der Waals surface area contributed by atoms with Crippen LogP contribution in [0.4, 0.5) is 0 Å². The van der Waals surface area contributed by atoms with E-state index in [0.29, 0.717) is 12.1 Å². The molecule has 0 saturated carbocycles. The highest BCUT2D eigenvalue weighted by atomic mass is 79.9. The predicted molar refractivity (Wildman–Crippen MR) is 88.9 cm³/mol. The molecular weight excluding hydrogens is 348 g/mol. The van der Waals surface area contributed by atoms with Crippen LogP contribution >= 0.6 is 27.3 Å². The van der Waals surface area contributed by atoms with Crippen molar-refractivity contribution in [2.24, 2.45) is 0 Å². The quantitative estimate of drug-likeness (QED) is 0.640. The highest BCUT2D eigenvalue weighted by molar-refractivity contribution is 9.10. The van der Waals surface area contributed by atoms with Crippen LogP contribution in [0.25, 0.3) is 10.6 Å². The second kappa shape index (κ2) is 5.95. The van der Waals surface area contributed by atoms with Gasteiger partial charge in [0.05, 0.1) is 17.0 Å². The third-order valence-corrected chi connectivity index (χ3v) is 5.19. The van der Waals surface area contributed by atoms with E-state index in [2.05, 4.69) is 40.1 Å². The molecule has 1 aromatic carbocycles. The summed E-state index contributed by atoms with van der Waals surface area (Å²) in [4.78, 5) is 12.3. The molecule has 0 radical (unpaired) electrons. The Labute approximate surface area is 135 Å². The van der Waals surface area contributed by atoms with Gasteiger partial charge >= 0.3 is 0 Å². The average molecular weight is 361 g/mol. The van der Waals surface area contributed by atoms with E-state index in [-0.39, 0.29) is 0 Å². The number of hydrogen-bond donors (Lipinski definition) is 0. The van der Waals surface area contributed by atoms with E-state index in [1.807, 2.05) is 28.3 Å². The summed E-state index contributed by atoms with van der Waals surface area (Å²) in [7, 11) is 0. The normalized spacial score (nSPS) is 10.8. The van der Waals surface area contributed by atoms with Gasteiger partial charge < -0.3 is 0 Å². The number of nitrogens with zero attached hydrogens (tertiary/aromatic N) is 2. The third kappa shape index (κ3) is 2.84. The van der Waals surface area contributed by atoms with Gasteiger partial charge in [0, 0.05) is 10.7 Å². The zero-order valence-corrected chi connectivity index (χ0v) is 13.8. The molecule has 3 nitrogen and oxygen atoms in total. The van der Waals surface area contributed by atoms with Gasteiger partial charge in [-0.05, 0) is 45.4 Å². The SMILES string of the molecule is Cc1ccccc1Cn1cc(C=O)c(-c2sccc2Br)n1. The first kappa shape index (κ1) is 14.2. The molecule has 21 heavy (non-hydrogen) atoms. The van der Waals surface area contributed by atoms with Crippen molar-refractivity contribution in [1.29, 1.82) is 0 Å². The lowest BCUT2D eigenvalue weighted by Gasteiger charge is -2.05. The Morgan fingerprint density at radius 1 is 1.33 bits per heavy atom. The lowest BCUT2D eigenvalue weighted by atomic mass is 10.1. The van der Waals surface area contributed by atoms with E-state index in [4.69, 9.17) is 0 Å². The largest absolute Gasteiger partial charge is 0.298 e. The van der Waals surface area contributed by atoms with Crippen LogP contribution in [0.3, 0.4) is 0 Å². The van der Waals surface area contributed by atoms with Crippen LogP contribution in [-0.4, -0.2) is 16.1 Å². The maximum absolute atomic E-state index is 11.3. The summed E-state index contributed by atoms with van der Waals surface area (Å²) < 4.78 is 2.80. The van der Waals surface area contributed by atoms with Crippen molar-refractivity contribution in [2.45, 2.75) is 13.5 Å². The van der Waals surface area contributed by atoms with E-state index in [9.17, 15) is 4.79 Å². The van der Waals surface area contributed by atoms with E-state index in [0.717, 1.165) is 21.3 Å². The second-order valence-corrected chi connectivity index (χ2v) is 6.54. The Kier molecular flexibility index (Phi) is 4.03. The number of aldehydes is 1. The van der Waals surface area contributed by atoms with Crippen molar-refractivity contribution in [1.82, 2.24) is 9.78 Å². The van der Waals surface area contributed by atoms with Gasteiger partial charge in [0.15, 0.2) is 6.29 Å². The summed E-state index contributed by atoms with van der Waals surface area (Å²) in [6, 6.07) is 10.2. The molecule has 2 aromatic heterocycles. The summed E-state index contributed by atoms with van der Waals surface area (Å²) >= 11 is 5.07. The number of carbonyl (C=O) groups excluding carboxylic acids is 1. The lowest BCUT2D eigenvalue weighted by molar-refractivity contribution is 0.112. The number of carbonyl (C=O) groups is 1. The third-order valence-electron chi connectivity index (χ3n) is 3.34. The van der Waals surface area contributed by atoms with Gasteiger partial charge in [-0.25, -0.2) is 0 Å². The number of halogens is 1. The molecule has 0 atom stereocenters. The minimum Gasteiger partial charge on any atom is -0.298 e. The summed E-state index contributed by atoms with van der Waals surface area (Å²) in [5, 5.41) is 6.57. The molecule has 3 aromatic rings. The van der Waals surface area contributed by atoms with Crippen LogP contribution in [-0.2, 0) is 6.54 Å². The molecule has 0 amide bonds. The second-order valence-electron chi connectivity index (χ2n) is 4.77. The summed E-state index contributed by atoms with van der Waals surface area (Å²) in [5.41, 5.74) is 3.78. The highest BCUT2D eigenvalue weighted by Crippen LogP contribution is 2.34. The van der Waals surface area contributed by atoms with Crippen molar-refractivity contribution >= 4 is 33.6 Å². The van der Waals surface area contributed by atoms with Gasteiger partial charge in [-0.15, -0.1) is 11.3 Å². The number of benzene rings is 1. The van der Waals surface area contributed by atoms with Crippen molar-refractivity contribution < 1.29 is 4.79 Å². The Hall–Kier alpha value is -1.72. The molecule has 0 saturated heterocycles. The Morgan fingerprint density at radius 2 is 2.14 bits per heavy atom. The van der Waals surface area contributed by atoms with Gasteiger partial charge in [-0.3, -0.25) is 9.48 Å². The molecule has 0 aliphatic rings. The fraction of sp³-hybridized carbons (Fsp3) is 0.125. The Balaban J connectivity index is 1.99. The minimum atomic E-state index is 0.617. The lowest BCUT2D eigenvalue weighted by Crippen LogP contribution is -2.01. The van der Waals surface area contributed by atoms with Gasteiger partial charge in [0.1, 0.15) is 5.69 Å². The number of hydrogen-bond acceptors (Lipinski definition) is 3. The number of rotatable bonds is 4. The molecule has 0 bridgehead atoms. The molecular formula is C16H13BrN2OS. The van der Waals surface area contributed by atoms with Gasteiger partial charge in [0.25, 0.3) is 0 Å². The summed E-state index contributed by atoms with van der Waals surface area (Å²) in [6.07, 6.45) is 2.67. The number of aryl methyl sites for hydroxylation is 1. The van der Waals surface area contributed by atoms with E-state index in [1.54, 1.807) is 17.5 Å². The summed E-state index contributed by atoms with van der Waals surface area (Å²) in [6.45, 7) is 2.74. The molecule has 0 spiro atoms. The zero-order chi connectivity index (χ0) is 14.8. The molecule has 5 heteroatoms. The highest BCUT2D eigenvalue weighted by Gasteiger charge is 2.15. The standard InChI is InChI=1S/C16H13BrN2OS/c1-11-4-2-3-5-12(11)8-19-9-13(10-20)15(18-19)16-14(17)6-7-21-16/h2-7,9-10H,8H2,1H3. The zero-order valence-electron chi connectivity index (χ0n) is 11.4. The van der Waals surface area contributed by atoms with E-state index >= 15 is 0 Å². The monoisotopic (exact) mass is 360 g/mol. The molecule has 0 N–H and O–H groups in total. The van der Waals surface area contributed by atoms with E-state index in [1.165, 1.54) is 11.1 Å². The molecule has 3 rings (SSSR count). The predicted octanol–water partition coefficient (Wildman–Crippen LogP) is 4.54. The average Bonchev–Trinajstić information content (AvgIpc) is 3.07. The van der Waals surface area contributed by atoms with Crippen molar-refractivity contribution in [2.75, 3.05) is 0 Å². The maximum atomic E-state index is 11.3. The molecule has 106 valence electrons. The Morgan fingerprint density at radius 3 is 2.81 bits per heavy atom. The first-order valence-corrected chi connectivity index (χ1v) is 8.17. The molecule has 2 heterocycles. The first-order chi connectivity index (χ1) is 10.2. The van der Waals surface area contributed by atoms with Gasteiger partial charge in [-0.2, -0.15) is 5.10 Å². The van der Waals surface area contributed by atoms with Gasteiger partial charge in [0.2, 0.25) is 0 Å². The van der Waals surface area contributed by atoms with Crippen LogP contribution in [0.5, 0.6) is 0 Å². The van der Waals surface area contributed by atoms with E-state index < -0.39 is 0 Å². The Bertz CT molecular complexity index is 791.